The first kappa shape index (κ1) is 34.3. The van der Waals surface area contributed by atoms with Crippen molar-refractivity contribution in [3.8, 4) is 5.75 Å². The molecule has 3 rings (SSSR count). The van der Waals surface area contributed by atoms with Crippen molar-refractivity contribution in [1.29, 1.82) is 0 Å². The van der Waals surface area contributed by atoms with Gasteiger partial charge < -0.3 is 15.0 Å². The molecule has 11 heteroatoms. The van der Waals surface area contributed by atoms with Gasteiger partial charge in [-0.1, -0.05) is 43.6 Å². The van der Waals surface area contributed by atoms with Gasteiger partial charge in [-0.15, -0.1) is 11.8 Å². The standard InChI is InChI=1S/C32H40ClN3O5S2/c1-6-23(4)34-32(38)30(7-2)35(21-24-11-9-10-12-29(24)33)31(37)22-36(25-13-15-26(16-14-25)41-8-3)43(39,40)28-19-17-27(42-5)18-20-28/h9-20,23,30H,6-8,21-22H2,1-5H3,(H,34,38)/t23-,30+/m1/s1. The number of thioether (sulfide) groups is 1. The molecule has 3 aromatic carbocycles. The van der Waals surface area contributed by atoms with E-state index in [0.717, 1.165) is 15.6 Å². The van der Waals surface area contributed by atoms with Gasteiger partial charge in [0.05, 0.1) is 17.2 Å². The van der Waals surface area contributed by atoms with E-state index in [1.807, 2.05) is 34.0 Å². The molecule has 0 saturated heterocycles. The van der Waals surface area contributed by atoms with Crippen LogP contribution in [0.25, 0.3) is 0 Å². The molecule has 1 N–H and O–H groups in total. The maximum Gasteiger partial charge on any atom is 0.264 e. The summed E-state index contributed by atoms with van der Waals surface area (Å²) in [5.74, 6) is -0.267. The van der Waals surface area contributed by atoms with E-state index in [2.05, 4.69) is 5.32 Å². The van der Waals surface area contributed by atoms with Gasteiger partial charge in [0.15, 0.2) is 0 Å². The van der Waals surface area contributed by atoms with Crippen LogP contribution < -0.4 is 14.4 Å². The third-order valence-electron chi connectivity index (χ3n) is 7.05. The van der Waals surface area contributed by atoms with E-state index < -0.39 is 28.5 Å². The molecule has 0 spiro atoms. The molecule has 2 atom stereocenters. The number of carbonyl (C=O) groups excluding carboxylic acids is 2. The number of nitrogens with one attached hydrogen (secondary N) is 1. The van der Waals surface area contributed by atoms with Crippen LogP contribution in [0.5, 0.6) is 5.75 Å². The van der Waals surface area contributed by atoms with Crippen LogP contribution in [-0.2, 0) is 26.2 Å². The average Bonchev–Trinajstić information content (AvgIpc) is 3.01. The Labute approximate surface area is 264 Å². The van der Waals surface area contributed by atoms with Crippen LogP contribution in [0.3, 0.4) is 0 Å². The molecule has 0 aliphatic carbocycles. The molecule has 0 radical (unpaired) electrons. The molecule has 0 fully saturated rings. The van der Waals surface area contributed by atoms with Crippen LogP contribution in [0.4, 0.5) is 5.69 Å². The third-order valence-corrected chi connectivity index (χ3v) is 9.95. The lowest BCUT2D eigenvalue weighted by molar-refractivity contribution is -0.140. The van der Waals surface area contributed by atoms with E-state index in [-0.39, 0.29) is 23.4 Å². The zero-order chi connectivity index (χ0) is 31.6. The zero-order valence-electron chi connectivity index (χ0n) is 25.2. The highest BCUT2D eigenvalue weighted by Gasteiger charge is 2.34. The predicted octanol–water partition coefficient (Wildman–Crippen LogP) is 6.38. The number of ether oxygens (including phenoxy) is 1. The number of anilines is 1. The highest BCUT2D eigenvalue weighted by atomic mass is 35.5. The minimum Gasteiger partial charge on any atom is -0.494 e. The van der Waals surface area contributed by atoms with Crippen LogP contribution >= 0.6 is 23.4 Å². The smallest absolute Gasteiger partial charge is 0.264 e. The molecule has 0 bridgehead atoms. The maximum absolute atomic E-state index is 14.2. The lowest BCUT2D eigenvalue weighted by Crippen LogP contribution is -2.53. The number of halogens is 1. The predicted molar refractivity (Wildman–Crippen MR) is 174 cm³/mol. The Kier molecular flexibility index (Phi) is 12.8. The number of carbonyl (C=O) groups is 2. The summed E-state index contributed by atoms with van der Waals surface area (Å²) in [6, 6.07) is 19.2. The normalized spacial score (nSPS) is 12.7. The van der Waals surface area contributed by atoms with Crippen LogP contribution in [0.15, 0.2) is 82.6 Å². The van der Waals surface area contributed by atoms with Gasteiger partial charge in [-0.2, -0.15) is 0 Å². The fourth-order valence-corrected chi connectivity index (χ4v) is 6.47. The summed E-state index contributed by atoms with van der Waals surface area (Å²) in [4.78, 5) is 30.0. The van der Waals surface area contributed by atoms with Gasteiger partial charge in [0.1, 0.15) is 18.3 Å². The van der Waals surface area contributed by atoms with Crippen molar-refractivity contribution in [3.05, 3.63) is 83.4 Å². The van der Waals surface area contributed by atoms with Gasteiger partial charge in [0.2, 0.25) is 11.8 Å². The second-order valence-corrected chi connectivity index (χ2v) is 13.1. The average molecular weight is 646 g/mol. The summed E-state index contributed by atoms with van der Waals surface area (Å²) in [5.41, 5.74) is 0.941. The minimum atomic E-state index is -4.18. The summed E-state index contributed by atoms with van der Waals surface area (Å²) in [6.07, 6.45) is 2.95. The van der Waals surface area contributed by atoms with Crippen molar-refractivity contribution >= 4 is 50.9 Å². The van der Waals surface area contributed by atoms with Crippen LogP contribution in [0.1, 0.15) is 46.1 Å². The van der Waals surface area contributed by atoms with Crippen molar-refractivity contribution < 1.29 is 22.7 Å². The first-order chi connectivity index (χ1) is 20.5. The lowest BCUT2D eigenvalue weighted by Gasteiger charge is -2.34. The van der Waals surface area contributed by atoms with Crippen molar-refractivity contribution in [2.24, 2.45) is 0 Å². The third kappa shape index (κ3) is 8.90. The summed E-state index contributed by atoms with van der Waals surface area (Å²) >= 11 is 7.97. The zero-order valence-corrected chi connectivity index (χ0v) is 27.6. The molecule has 0 saturated carbocycles. The van der Waals surface area contributed by atoms with Crippen molar-refractivity contribution in [1.82, 2.24) is 10.2 Å². The quantitative estimate of drug-likeness (QED) is 0.193. The Morgan fingerprint density at radius 3 is 2.16 bits per heavy atom. The number of amides is 2. The van der Waals surface area contributed by atoms with Crippen LogP contribution in [-0.4, -0.2) is 56.6 Å². The first-order valence-corrected chi connectivity index (χ1v) is 17.3. The second kappa shape index (κ2) is 16.0. The molecule has 232 valence electrons. The molecular formula is C32H40ClN3O5S2. The minimum absolute atomic E-state index is 0.0323. The van der Waals surface area contributed by atoms with E-state index in [1.54, 1.807) is 60.7 Å². The maximum atomic E-state index is 14.2. The number of hydrogen-bond acceptors (Lipinski definition) is 6. The Balaban J connectivity index is 2.08. The summed E-state index contributed by atoms with van der Waals surface area (Å²) in [5, 5.41) is 3.42. The van der Waals surface area contributed by atoms with Crippen LogP contribution in [0, 0.1) is 0 Å². The van der Waals surface area contributed by atoms with E-state index in [1.165, 1.54) is 28.8 Å². The molecule has 0 aliphatic rings. The van der Waals surface area contributed by atoms with Crippen molar-refractivity contribution in [2.45, 2.75) is 69.0 Å². The van der Waals surface area contributed by atoms with Gasteiger partial charge >= 0.3 is 0 Å². The molecule has 0 unspecified atom stereocenters. The fourth-order valence-electron chi connectivity index (χ4n) is 4.45. The molecule has 3 aromatic rings. The van der Waals surface area contributed by atoms with Gasteiger partial charge in [-0.25, -0.2) is 8.42 Å². The van der Waals surface area contributed by atoms with Crippen molar-refractivity contribution in [3.63, 3.8) is 0 Å². The van der Waals surface area contributed by atoms with Gasteiger partial charge in [0.25, 0.3) is 10.0 Å². The fraction of sp³-hybridized carbons (Fsp3) is 0.375. The van der Waals surface area contributed by atoms with Crippen LogP contribution in [0.2, 0.25) is 5.02 Å². The lowest BCUT2D eigenvalue weighted by atomic mass is 10.1. The number of benzene rings is 3. The van der Waals surface area contributed by atoms with Gasteiger partial charge in [0, 0.05) is 22.5 Å². The summed E-state index contributed by atoms with van der Waals surface area (Å²) in [7, 11) is -4.18. The number of rotatable bonds is 15. The Hall–Kier alpha value is -3.21. The highest BCUT2D eigenvalue weighted by molar-refractivity contribution is 7.98. The SMILES string of the molecule is CCOc1ccc(N(CC(=O)N(Cc2ccccc2Cl)[C@@H](CC)C(=O)N[C@H](C)CC)S(=O)(=O)c2ccc(SC)cc2)cc1. The Bertz CT molecular complexity index is 1470. The Morgan fingerprint density at radius 2 is 1.60 bits per heavy atom. The molecule has 43 heavy (non-hydrogen) atoms. The van der Waals surface area contributed by atoms with Gasteiger partial charge in [-0.3, -0.25) is 13.9 Å². The highest BCUT2D eigenvalue weighted by Crippen LogP contribution is 2.28. The van der Waals surface area contributed by atoms with E-state index in [4.69, 9.17) is 16.3 Å². The Morgan fingerprint density at radius 1 is 0.953 bits per heavy atom. The van der Waals surface area contributed by atoms with Gasteiger partial charge in [-0.05, 0) is 93.1 Å². The van der Waals surface area contributed by atoms with Crippen molar-refractivity contribution in [2.75, 3.05) is 23.7 Å². The molecule has 0 heterocycles. The summed E-state index contributed by atoms with van der Waals surface area (Å²) in [6.45, 7) is 7.49. The first-order valence-electron chi connectivity index (χ1n) is 14.3. The van der Waals surface area contributed by atoms with E-state index >= 15 is 0 Å². The molecule has 8 nitrogen and oxygen atoms in total. The van der Waals surface area contributed by atoms with E-state index in [0.29, 0.717) is 35.1 Å². The molecular weight excluding hydrogens is 606 g/mol. The number of hydrogen-bond donors (Lipinski definition) is 1. The molecule has 0 aliphatic heterocycles. The van der Waals surface area contributed by atoms with E-state index in [9.17, 15) is 18.0 Å². The summed E-state index contributed by atoms with van der Waals surface area (Å²) < 4.78 is 34.8. The topological polar surface area (TPSA) is 96.0 Å². The second-order valence-electron chi connectivity index (χ2n) is 9.97. The molecule has 0 aromatic heterocycles. The molecule has 2 amide bonds. The largest absolute Gasteiger partial charge is 0.494 e. The monoisotopic (exact) mass is 645 g/mol. The number of sulfonamides is 1. The number of nitrogens with zero attached hydrogens (tertiary/aromatic N) is 2.